The van der Waals surface area contributed by atoms with Crippen LogP contribution < -0.4 is 5.32 Å². The SMILES string of the molecule is C=C1CC(C)(C)C=C(NC(=O)CCC)C1=O. The Morgan fingerprint density at radius 3 is 2.75 bits per heavy atom. The van der Waals surface area contributed by atoms with Gasteiger partial charge in [0.25, 0.3) is 0 Å². The quantitative estimate of drug-likeness (QED) is 0.743. The van der Waals surface area contributed by atoms with Crippen LogP contribution in [0.4, 0.5) is 0 Å². The molecule has 88 valence electrons. The minimum Gasteiger partial charge on any atom is -0.323 e. The second kappa shape index (κ2) is 4.64. The van der Waals surface area contributed by atoms with Crippen molar-refractivity contribution in [3.8, 4) is 0 Å². The molecule has 0 atom stereocenters. The van der Waals surface area contributed by atoms with E-state index in [0.717, 1.165) is 6.42 Å². The highest BCUT2D eigenvalue weighted by Gasteiger charge is 2.29. The van der Waals surface area contributed by atoms with E-state index in [4.69, 9.17) is 0 Å². The maximum absolute atomic E-state index is 11.8. The Morgan fingerprint density at radius 1 is 1.56 bits per heavy atom. The third-order valence-electron chi connectivity index (χ3n) is 2.52. The number of rotatable bonds is 3. The van der Waals surface area contributed by atoms with Crippen molar-refractivity contribution in [3.05, 3.63) is 23.9 Å². The first-order valence-corrected chi connectivity index (χ1v) is 5.61. The van der Waals surface area contributed by atoms with Crippen molar-refractivity contribution in [2.75, 3.05) is 0 Å². The van der Waals surface area contributed by atoms with Gasteiger partial charge >= 0.3 is 0 Å². The molecule has 0 aromatic heterocycles. The van der Waals surface area contributed by atoms with Gasteiger partial charge in [0.1, 0.15) is 0 Å². The molecule has 0 spiro atoms. The molecule has 1 aliphatic rings. The molecule has 0 aromatic carbocycles. The van der Waals surface area contributed by atoms with Gasteiger partial charge in [0, 0.05) is 6.42 Å². The van der Waals surface area contributed by atoms with E-state index < -0.39 is 0 Å². The topological polar surface area (TPSA) is 46.2 Å². The summed E-state index contributed by atoms with van der Waals surface area (Å²) in [5, 5.41) is 2.67. The van der Waals surface area contributed by atoms with Crippen molar-refractivity contribution in [1.29, 1.82) is 0 Å². The molecule has 0 unspecified atom stereocenters. The molecule has 3 heteroatoms. The summed E-state index contributed by atoms with van der Waals surface area (Å²) >= 11 is 0. The number of carbonyl (C=O) groups excluding carboxylic acids is 2. The Morgan fingerprint density at radius 2 is 2.19 bits per heavy atom. The normalized spacial score (nSPS) is 19.3. The third kappa shape index (κ3) is 3.05. The van der Waals surface area contributed by atoms with Crippen LogP contribution in [0.5, 0.6) is 0 Å². The van der Waals surface area contributed by atoms with Crippen LogP contribution in [0.15, 0.2) is 23.9 Å². The minimum absolute atomic E-state index is 0.104. The molecule has 0 saturated carbocycles. The van der Waals surface area contributed by atoms with E-state index in [0.29, 0.717) is 24.1 Å². The lowest BCUT2D eigenvalue weighted by Gasteiger charge is -2.28. The van der Waals surface area contributed by atoms with Gasteiger partial charge in [0.2, 0.25) is 11.7 Å². The van der Waals surface area contributed by atoms with E-state index >= 15 is 0 Å². The Kier molecular flexibility index (Phi) is 3.68. The largest absolute Gasteiger partial charge is 0.323 e. The van der Waals surface area contributed by atoms with Crippen LogP contribution >= 0.6 is 0 Å². The lowest BCUT2D eigenvalue weighted by atomic mass is 9.79. The highest BCUT2D eigenvalue weighted by Crippen LogP contribution is 2.32. The van der Waals surface area contributed by atoms with Gasteiger partial charge < -0.3 is 5.32 Å². The third-order valence-corrected chi connectivity index (χ3v) is 2.52. The van der Waals surface area contributed by atoms with Gasteiger partial charge in [0.15, 0.2) is 0 Å². The maximum Gasteiger partial charge on any atom is 0.224 e. The summed E-state index contributed by atoms with van der Waals surface area (Å²) in [5.74, 6) is -0.239. The van der Waals surface area contributed by atoms with Gasteiger partial charge in [-0.3, -0.25) is 9.59 Å². The first-order valence-electron chi connectivity index (χ1n) is 5.61. The van der Waals surface area contributed by atoms with Crippen molar-refractivity contribution in [1.82, 2.24) is 5.32 Å². The van der Waals surface area contributed by atoms with E-state index in [1.165, 1.54) is 0 Å². The van der Waals surface area contributed by atoms with Crippen LogP contribution in [0.25, 0.3) is 0 Å². The molecule has 0 saturated heterocycles. The molecular formula is C13H19NO2. The maximum atomic E-state index is 11.8. The predicted octanol–water partition coefficient (Wildman–Crippen LogP) is 2.34. The van der Waals surface area contributed by atoms with Crippen molar-refractivity contribution >= 4 is 11.7 Å². The van der Waals surface area contributed by atoms with Crippen LogP contribution in [0.1, 0.15) is 40.0 Å². The Labute approximate surface area is 96.6 Å². The summed E-state index contributed by atoms with van der Waals surface area (Å²) in [5.41, 5.74) is 0.846. The zero-order chi connectivity index (χ0) is 12.3. The molecule has 16 heavy (non-hydrogen) atoms. The summed E-state index contributed by atoms with van der Waals surface area (Å²) in [6.45, 7) is 9.73. The highest BCUT2D eigenvalue weighted by molar-refractivity contribution is 6.10. The van der Waals surface area contributed by atoms with Gasteiger partial charge in [-0.2, -0.15) is 0 Å². The molecule has 0 fully saturated rings. The summed E-state index contributed by atoms with van der Waals surface area (Å²) in [6, 6.07) is 0. The van der Waals surface area contributed by atoms with Crippen LogP contribution in [0.3, 0.4) is 0 Å². The molecule has 1 rings (SSSR count). The van der Waals surface area contributed by atoms with Crippen LogP contribution in [0.2, 0.25) is 0 Å². The zero-order valence-corrected chi connectivity index (χ0v) is 10.2. The molecule has 3 nitrogen and oxygen atoms in total. The minimum atomic E-state index is -0.135. The van der Waals surface area contributed by atoms with E-state index in [9.17, 15) is 9.59 Å². The van der Waals surface area contributed by atoms with Crippen molar-refractivity contribution in [2.24, 2.45) is 5.41 Å². The van der Waals surface area contributed by atoms with Gasteiger partial charge in [0.05, 0.1) is 5.70 Å². The monoisotopic (exact) mass is 221 g/mol. The smallest absolute Gasteiger partial charge is 0.224 e. The molecule has 0 heterocycles. The van der Waals surface area contributed by atoms with E-state index in [2.05, 4.69) is 11.9 Å². The fourth-order valence-corrected chi connectivity index (χ4v) is 1.86. The zero-order valence-electron chi connectivity index (χ0n) is 10.2. The first kappa shape index (κ1) is 12.7. The number of allylic oxidation sites excluding steroid dienone is 2. The standard InChI is InChI=1S/C13H19NO2/c1-5-6-11(15)14-10-8-13(3,4)7-9(2)12(10)16/h8H,2,5-7H2,1,3-4H3,(H,14,15). The van der Waals surface area contributed by atoms with Gasteiger partial charge in [-0.1, -0.05) is 33.4 Å². The fourth-order valence-electron chi connectivity index (χ4n) is 1.86. The molecule has 0 bridgehead atoms. The molecule has 0 aromatic rings. The average molecular weight is 221 g/mol. The van der Waals surface area contributed by atoms with E-state index in [1.54, 1.807) is 0 Å². The van der Waals surface area contributed by atoms with Crippen LogP contribution in [0, 0.1) is 5.41 Å². The molecule has 0 aliphatic heterocycles. The number of hydrogen-bond acceptors (Lipinski definition) is 2. The number of hydrogen-bond donors (Lipinski definition) is 1. The fraction of sp³-hybridized carbons (Fsp3) is 0.538. The summed E-state index contributed by atoms with van der Waals surface area (Å²) in [4.78, 5) is 23.2. The molecule has 1 amide bonds. The Hall–Kier alpha value is -1.38. The van der Waals surface area contributed by atoms with Crippen molar-refractivity contribution < 1.29 is 9.59 Å². The number of carbonyl (C=O) groups is 2. The lowest BCUT2D eigenvalue weighted by molar-refractivity contribution is -0.122. The molecule has 1 N–H and O–H groups in total. The summed E-state index contributed by atoms with van der Waals surface area (Å²) in [6.07, 6.45) is 3.70. The predicted molar refractivity (Wildman–Crippen MR) is 63.7 cm³/mol. The molecular weight excluding hydrogens is 202 g/mol. The summed E-state index contributed by atoms with van der Waals surface area (Å²) < 4.78 is 0. The van der Waals surface area contributed by atoms with Crippen LogP contribution in [-0.2, 0) is 9.59 Å². The average Bonchev–Trinajstić information content (AvgIpc) is 2.12. The lowest BCUT2D eigenvalue weighted by Crippen LogP contribution is -2.33. The molecule has 1 aliphatic carbocycles. The van der Waals surface area contributed by atoms with Crippen molar-refractivity contribution in [2.45, 2.75) is 40.0 Å². The number of amides is 1. The van der Waals surface area contributed by atoms with Crippen molar-refractivity contribution in [3.63, 3.8) is 0 Å². The number of nitrogens with one attached hydrogen (secondary N) is 1. The van der Waals surface area contributed by atoms with E-state index in [-0.39, 0.29) is 17.1 Å². The second-order valence-corrected chi connectivity index (χ2v) is 4.95. The number of Topliss-reactive ketones (excluding diaryl/α,β-unsaturated/α-hetero) is 1. The Bertz CT molecular complexity index is 364. The van der Waals surface area contributed by atoms with Crippen LogP contribution in [-0.4, -0.2) is 11.7 Å². The summed E-state index contributed by atoms with van der Waals surface area (Å²) in [7, 11) is 0. The van der Waals surface area contributed by atoms with Gasteiger partial charge in [-0.15, -0.1) is 0 Å². The molecule has 0 radical (unpaired) electrons. The van der Waals surface area contributed by atoms with E-state index in [1.807, 2.05) is 26.8 Å². The first-order chi connectivity index (χ1) is 7.35. The highest BCUT2D eigenvalue weighted by atomic mass is 16.2. The van der Waals surface area contributed by atoms with Gasteiger partial charge in [-0.05, 0) is 23.8 Å². The second-order valence-electron chi connectivity index (χ2n) is 4.95. The van der Waals surface area contributed by atoms with Gasteiger partial charge in [-0.25, -0.2) is 0 Å². The Balaban J connectivity index is 2.84. The number of ketones is 1.